The molecule has 0 unspecified atom stereocenters. The normalized spacial score (nSPS) is 10.6. The molecule has 98 valence electrons. The number of aromatic hydroxyl groups is 1. The molecule has 0 fully saturated rings. The van der Waals surface area contributed by atoms with Gasteiger partial charge in [-0.15, -0.1) is 11.3 Å². The maximum absolute atomic E-state index is 11.4. The van der Waals surface area contributed by atoms with E-state index in [1.165, 1.54) is 18.4 Å². The number of hydrogen-bond acceptors (Lipinski definition) is 6. The molecule has 0 amide bonds. The lowest BCUT2D eigenvalue weighted by atomic mass is 10.2. The standard InChI is InChI=1S/C13H12N2O3S/c1-18-13(17)12-11(6-7-19-12)15-14-8-9-2-4-10(16)5-3-9/h2-8,15-16H,1H3/b14-8-. The molecule has 1 aromatic carbocycles. The van der Waals surface area contributed by atoms with E-state index in [1.807, 2.05) is 0 Å². The van der Waals surface area contributed by atoms with Gasteiger partial charge in [-0.25, -0.2) is 4.79 Å². The maximum atomic E-state index is 11.4. The van der Waals surface area contributed by atoms with Gasteiger partial charge in [0.05, 0.1) is 19.0 Å². The van der Waals surface area contributed by atoms with Crippen LogP contribution in [0.3, 0.4) is 0 Å². The van der Waals surface area contributed by atoms with Crippen LogP contribution in [0.4, 0.5) is 5.69 Å². The molecule has 0 spiro atoms. The summed E-state index contributed by atoms with van der Waals surface area (Å²) >= 11 is 1.29. The van der Waals surface area contributed by atoms with Crippen LogP contribution in [0.15, 0.2) is 40.8 Å². The van der Waals surface area contributed by atoms with Crippen molar-refractivity contribution < 1.29 is 14.6 Å². The van der Waals surface area contributed by atoms with Crippen LogP contribution in [0.1, 0.15) is 15.2 Å². The summed E-state index contributed by atoms with van der Waals surface area (Å²) in [5.41, 5.74) is 4.23. The Morgan fingerprint density at radius 3 is 2.79 bits per heavy atom. The van der Waals surface area contributed by atoms with E-state index in [0.717, 1.165) is 5.56 Å². The Morgan fingerprint density at radius 1 is 1.37 bits per heavy atom. The van der Waals surface area contributed by atoms with Gasteiger partial charge in [0, 0.05) is 0 Å². The van der Waals surface area contributed by atoms with Gasteiger partial charge in [0.1, 0.15) is 10.6 Å². The first-order chi connectivity index (χ1) is 9.20. The number of phenolic OH excluding ortho intramolecular Hbond substituents is 1. The number of hydrazone groups is 1. The lowest BCUT2D eigenvalue weighted by Crippen LogP contribution is -2.01. The maximum Gasteiger partial charge on any atom is 0.350 e. The summed E-state index contributed by atoms with van der Waals surface area (Å²) < 4.78 is 4.66. The predicted molar refractivity (Wildman–Crippen MR) is 75.0 cm³/mol. The van der Waals surface area contributed by atoms with E-state index in [0.29, 0.717) is 10.6 Å². The largest absolute Gasteiger partial charge is 0.508 e. The number of thiophene rings is 1. The molecule has 2 rings (SSSR count). The summed E-state index contributed by atoms with van der Waals surface area (Å²) in [7, 11) is 1.34. The molecule has 0 saturated carbocycles. The Bertz CT molecular complexity index is 590. The zero-order valence-electron chi connectivity index (χ0n) is 10.2. The van der Waals surface area contributed by atoms with Gasteiger partial charge in [-0.3, -0.25) is 5.43 Å². The minimum Gasteiger partial charge on any atom is -0.508 e. The number of anilines is 1. The zero-order chi connectivity index (χ0) is 13.7. The summed E-state index contributed by atoms with van der Waals surface area (Å²) in [6.45, 7) is 0. The van der Waals surface area contributed by atoms with Gasteiger partial charge < -0.3 is 9.84 Å². The minimum atomic E-state index is -0.391. The van der Waals surface area contributed by atoms with Gasteiger partial charge in [0.15, 0.2) is 0 Å². The van der Waals surface area contributed by atoms with Crippen LogP contribution in [0.2, 0.25) is 0 Å². The highest BCUT2D eigenvalue weighted by atomic mass is 32.1. The summed E-state index contributed by atoms with van der Waals surface area (Å²) in [6.07, 6.45) is 1.60. The third-order valence-corrected chi connectivity index (χ3v) is 3.22. The van der Waals surface area contributed by atoms with Crippen molar-refractivity contribution in [2.24, 2.45) is 5.10 Å². The second kappa shape index (κ2) is 6.01. The van der Waals surface area contributed by atoms with Crippen LogP contribution in [0, 0.1) is 0 Å². The van der Waals surface area contributed by atoms with Crippen molar-refractivity contribution in [3.63, 3.8) is 0 Å². The number of ether oxygens (including phenoxy) is 1. The average Bonchev–Trinajstić information content (AvgIpc) is 2.88. The molecule has 0 saturated heterocycles. The molecule has 2 N–H and O–H groups in total. The summed E-state index contributed by atoms with van der Waals surface area (Å²) in [5.74, 6) is -0.187. The number of rotatable bonds is 4. The van der Waals surface area contributed by atoms with Crippen molar-refractivity contribution >= 4 is 29.2 Å². The molecular formula is C13H12N2O3S. The van der Waals surface area contributed by atoms with Gasteiger partial charge >= 0.3 is 5.97 Å². The van der Waals surface area contributed by atoms with E-state index in [-0.39, 0.29) is 5.75 Å². The molecule has 0 atom stereocenters. The molecule has 1 heterocycles. The van der Waals surface area contributed by atoms with Crippen molar-refractivity contribution in [2.75, 3.05) is 12.5 Å². The lowest BCUT2D eigenvalue weighted by molar-refractivity contribution is 0.0607. The van der Waals surface area contributed by atoms with Gasteiger partial charge in [-0.1, -0.05) is 0 Å². The Hall–Kier alpha value is -2.34. The SMILES string of the molecule is COC(=O)c1sccc1N/N=C\c1ccc(O)cc1. The number of carbonyl (C=O) groups excluding carboxylic acids is 1. The molecule has 0 radical (unpaired) electrons. The summed E-state index contributed by atoms with van der Waals surface area (Å²) in [5, 5.41) is 15.0. The number of methoxy groups -OCH3 is 1. The van der Waals surface area contributed by atoms with Crippen LogP contribution in [0.25, 0.3) is 0 Å². The van der Waals surface area contributed by atoms with Crippen molar-refractivity contribution in [3.05, 3.63) is 46.2 Å². The molecule has 0 aliphatic rings. The van der Waals surface area contributed by atoms with Crippen LogP contribution >= 0.6 is 11.3 Å². The van der Waals surface area contributed by atoms with Crippen molar-refractivity contribution in [2.45, 2.75) is 0 Å². The van der Waals surface area contributed by atoms with Crippen LogP contribution in [-0.4, -0.2) is 24.4 Å². The molecular weight excluding hydrogens is 264 g/mol. The predicted octanol–water partition coefficient (Wildman–Crippen LogP) is 2.69. The zero-order valence-corrected chi connectivity index (χ0v) is 11.0. The smallest absolute Gasteiger partial charge is 0.350 e. The molecule has 1 aromatic heterocycles. The fourth-order valence-corrected chi connectivity index (χ4v) is 2.15. The van der Waals surface area contributed by atoms with E-state index in [4.69, 9.17) is 5.11 Å². The Kier molecular flexibility index (Phi) is 4.15. The van der Waals surface area contributed by atoms with E-state index in [9.17, 15) is 4.79 Å². The number of carbonyl (C=O) groups is 1. The van der Waals surface area contributed by atoms with Crippen molar-refractivity contribution in [1.29, 1.82) is 0 Å². The Labute approximate surface area is 114 Å². The van der Waals surface area contributed by atoms with Crippen molar-refractivity contribution in [1.82, 2.24) is 0 Å². The number of hydrogen-bond donors (Lipinski definition) is 2. The fourth-order valence-electron chi connectivity index (χ4n) is 1.38. The highest BCUT2D eigenvalue weighted by Gasteiger charge is 2.12. The van der Waals surface area contributed by atoms with Gasteiger partial charge in [0.25, 0.3) is 0 Å². The monoisotopic (exact) mass is 276 g/mol. The third kappa shape index (κ3) is 3.32. The van der Waals surface area contributed by atoms with Crippen LogP contribution < -0.4 is 5.43 Å². The molecule has 19 heavy (non-hydrogen) atoms. The van der Waals surface area contributed by atoms with Crippen LogP contribution in [0.5, 0.6) is 5.75 Å². The first-order valence-corrected chi connectivity index (χ1v) is 6.32. The number of esters is 1. The van der Waals surface area contributed by atoms with Gasteiger partial charge in [0.2, 0.25) is 0 Å². The first-order valence-electron chi connectivity index (χ1n) is 5.44. The number of phenols is 1. The molecule has 0 aliphatic carbocycles. The quantitative estimate of drug-likeness (QED) is 0.511. The lowest BCUT2D eigenvalue weighted by Gasteiger charge is -2.00. The molecule has 0 aliphatic heterocycles. The Morgan fingerprint density at radius 2 is 2.11 bits per heavy atom. The topological polar surface area (TPSA) is 70.9 Å². The fraction of sp³-hybridized carbons (Fsp3) is 0.0769. The van der Waals surface area contributed by atoms with Gasteiger partial charge in [-0.05, 0) is 41.3 Å². The van der Waals surface area contributed by atoms with Crippen molar-refractivity contribution in [3.8, 4) is 5.75 Å². The molecule has 5 nitrogen and oxygen atoms in total. The second-order valence-corrected chi connectivity index (χ2v) is 4.53. The Balaban J connectivity index is 2.04. The van der Waals surface area contributed by atoms with E-state index in [1.54, 1.807) is 41.9 Å². The first kappa shape index (κ1) is 13.1. The molecule has 0 bridgehead atoms. The van der Waals surface area contributed by atoms with E-state index >= 15 is 0 Å². The number of nitrogens with one attached hydrogen (secondary N) is 1. The highest BCUT2D eigenvalue weighted by molar-refractivity contribution is 7.12. The summed E-state index contributed by atoms with van der Waals surface area (Å²) in [6, 6.07) is 8.37. The molecule has 2 aromatic rings. The van der Waals surface area contributed by atoms with E-state index < -0.39 is 5.97 Å². The number of benzene rings is 1. The minimum absolute atomic E-state index is 0.205. The van der Waals surface area contributed by atoms with Crippen LogP contribution in [-0.2, 0) is 4.74 Å². The summed E-state index contributed by atoms with van der Waals surface area (Å²) in [4.78, 5) is 11.9. The average molecular weight is 276 g/mol. The van der Waals surface area contributed by atoms with E-state index in [2.05, 4.69) is 15.3 Å². The van der Waals surface area contributed by atoms with Gasteiger partial charge in [-0.2, -0.15) is 5.10 Å². The molecule has 6 heteroatoms. The highest BCUT2D eigenvalue weighted by Crippen LogP contribution is 2.22. The second-order valence-electron chi connectivity index (χ2n) is 3.62. The number of nitrogens with zero attached hydrogens (tertiary/aromatic N) is 1. The third-order valence-electron chi connectivity index (χ3n) is 2.33.